The number of fused-ring (bicyclic) bond motifs is 2. The number of carbonyl (C=O) groups is 2. The molecule has 3 aliphatic rings. The second-order valence-corrected chi connectivity index (χ2v) is 8.05. The van der Waals surface area contributed by atoms with Gasteiger partial charge in [0.2, 0.25) is 11.6 Å². The second kappa shape index (κ2) is 6.78. The lowest BCUT2D eigenvalue weighted by Gasteiger charge is -2.39. The van der Waals surface area contributed by atoms with Crippen LogP contribution in [-0.4, -0.2) is 16.7 Å². The van der Waals surface area contributed by atoms with Gasteiger partial charge in [0, 0.05) is 16.7 Å². The Balaban J connectivity index is 1.47. The second-order valence-electron chi connectivity index (χ2n) is 8.05. The molecule has 3 heteroatoms. The number of rotatable bonds is 3. The van der Waals surface area contributed by atoms with Crippen LogP contribution >= 0.6 is 0 Å². The average Bonchev–Trinajstić information content (AvgIpc) is 2.66. The lowest BCUT2D eigenvalue weighted by atomic mass is 9.66. The van der Waals surface area contributed by atoms with E-state index in [1.807, 2.05) is 0 Å². The molecular formula is C22H26O3. The van der Waals surface area contributed by atoms with E-state index in [1.54, 1.807) is 24.3 Å². The predicted molar refractivity (Wildman–Crippen MR) is 97.4 cm³/mol. The molecule has 2 saturated carbocycles. The summed E-state index contributed by atoms with van der Waals surface area (Å²) in [6.07, 6.45) is 10.7. The van der Waals surface area contributed by atoms with Gasteiger partial charge in [-0.15, -0.1) is 0 Å². The summed E-state index contributed by atoms with van der Waals surface area (Å²) >= 11 is 0. The van der Waals surface area contributed by atoms with Crippen LogP contribution in [0.5, 0.6) is 0 Å². The fourth-order valence-corrected chi connectivity index (χ4v) is 5.23. The highest BCUT2D eigenvalue weighted by atomic mass is 16.3. The normalized spacial score (nSPS) is 29.4. The summed E-state index contributed by atoms with van der Waals surface area (Å²) < 4.78 is 0. The molecular weight excluding hydrogens is 312 g/mol. The minimum absolute atomic E-state index is 0.0200. The van der Waals surface area contributed by atoms with Gasteiger partial charge in [0.25, 0.3) is 0 Å². The third kappa shape index (κ3) is 3.05. The van der Waals surface area contributed by atoms with E-state index in [0.29, 0.717) is 29.0 Å². The van der Waals surface area contributed by atoms with Crippen molar-refractivity contribution >= 4 is 17.3 Å². The molecule has 4 rings (SSSR count). The molecule has 0 spiro atoms. The SMILES string of the molecule is O=C1C(=O)c2ccccc2C(O)=C1CC[C@H]1CC[C@H]2CCCC[C@@H]2C1. The van der Waals surface area contributed by atoms with Crippen molar-refractivity contribution in [3.05, 3.63) is 41.0 Å². The summed E-state index contributed by atoms with van der Waals surface area (Å²) in [5.74, 6) is 1.44. The van der Waals surface area contributed by atoms with E-state index in [-0.39, 0.29) is 5.76 Å². The van der Waals surface area contributed by atoms with E-state index < -0.39 is 11.6 Å². The van der Waals surface area contributed by atoms with Crippen LogP contribution in [0.2, 0.25) is 0 Å². The molecule has 0 unspecified atom stereocenters. The maximum absolute atomic E-state index is 12.4. The zero-order chi connectivity index (χ0) is 17.4. The molecule has 3 aliphatic carbocycles. The molecule has 0 saturated heterocycles. The summed E-state index contributed by atoms with van der Waals surface area (Å²) in [6.45, 7) is 0. The molecule has 25 heavy (non-hydrogen) atoms. The van der Waals surface area contributed by atoms with Gasteiger partial charge in [-0.25, -0.2) is 0 Å². The maximum Gasteiger partial charge on any atom is 0.234 e. The first-order chi connectivity index (χ1) is 12.1. The average molecular weight is 338 g/mol. The van der Waals surface area contributed by atoms with Gasteiger partial charge < -0.3 is 5.11 Å². The molecule has 2 fully saturated rings. The van der Waals surface area contributed by atoms with Crippen LogP contribution < -0.4 is 0 Å². The molecule has 3 nitrogen and oxygen atoms in total. The van der Waals surface area contributed by atoms with Crippen molar-refractivity contribution in [2.24, 2.45) is 17.8 Å². The lowest BCUT2D eigenvalue weighted by molar-refractivity contribution is -0.112. The number of aliphatic hydroxyl groups is 1. The Kier molecular flexibility index (Phi) is 4.49. The highest BCUT2D eigenvalue weighted by Crippen LogP contribution is 2.44. The van der Waals surface area contributed by atoms with Crippen LogP contribution in [0.25, 0.3) is 5.76 Å². The van der Waals surface area contributed by atoms with Crippen LogP contribution in [0.3, 0.4) is 0 Å². The van der Waals surface area contributed by atoms with Crippen LogP contribution in [0.4, 0.5) is 0 Å². The van der Waals surface area contributed by atoms with Crippen molar-refractivity contribution in [2.75, 3.05) is 0 Å². The van der Waals surface area contributed by atoms with Crippen molar-refractivity contribution < 1.29 is 14.7 Å². The van der Waals surface area contributed by atoms with E-state index in [0.717, 1.165) is 18.3 Å². The fraction of sp³-hybridized carbons (Fsp3) is 0.545. The summed E-state index contributed by atoms with van der Waals surface area (Å²) in [5.41, 5.74) is 1.17. The predicted octanol–water partition coefficient (Wildman–Crippen LogP) is 5.11. The van der Waals surface area contributed by atoms with Crippen molar-refractivity contribution in [3.63, 3.8) is 0 Å². The fourth-order valence-electron chi connectivity index (χ4n) is 5.23. The molecule has 3 atom stereocenters. The number of benzene rings is 1. The first-order valence-electron chi connectivity index (χ1n) is 9.75. The Bertz CT molecular complexity index is 731. The van der Waals surface area contributed by atoms with Crippen LogP contribution in [0, 0.1) is 17.8 Å². The Labute approximate surface area is 149 Å². The first-order valence-corrected chi connectivity index (χ1v) is 9.75. The number of aliphatic hydroxyl groups excluding tert-OH is 1. The molecule has 0 amide bonds. The van der Waals surface area contributed by atoms with E-state index in [2.05, 4.69) is 0 Å². The highest BCUT2D eigenvalue weighted by Gasteiger charge is 2.35. The van der Waals surface area contributed by atoms with Gasteiger partial charge in [-0.05, 0) is 43.4 Å². The Morgan fingerprint density at radius 1 is 0.880 bits per heavy atom. The molecule has 0 aliphatic heterocycles. The largest absolute Gasteiger partial charge is 0.507 e. The molecule has 0 aromatic heterocycles. The molecule has 0 heterocycles. The van der Waals surface area contributed by atoms with Gasteiger partial charge in [0.1, 0.15) is 5.76 Å². The molecule has 132 valence electrons. The summed E-state index contributed by atoms with van der Waals surface area (Å²) in [6, 6.07) is 6.86. The van der Waals surface area contributed by atoms with Gasteiger partial charge in [0.15, 0.2) is 0 Å². The number of Topliss-reactive ketones (excluding diaryl/α,β-unsaturated/α-hetero) is 2. The summed E-state index contributed by atoms with van der Waals surface area (Å²) in [5, 5.41) is 10.5. The van der Waals surface area contributed by atoms with E-state index in [1.165, 1.54) is 44.9 Å². The molecule has 0 bridgehead atoms. The lowest BCUT2D eigenvalue weighted by Crippen LogP contribution is -2.28. The Morgan fingerprint density at radius 3 is 2.40 bits per heavy atom. The summed E-state index contributed by atoms with van der Waals surface area (Å²) in [7, 11) is 0. The molecule has 1 aromatic carbocycles. The summed E-state index contributed by atoms with van der Waals surface area (Å²) in [4.78, 5) is 24.7. The van der Waals surface area contributed by atoms with E-state index in [4.69, 9.17) is 0 Å². The first kappa shape index (κ1) is 16.6. The van der Waals surface area contributed by atoms with E-state index >= 15 is 0 Å². The van der Waals surface area contributed by atoms with Crippen LogP contribution in [0.1, 0.15) is 73.7 Å². The zero-order valence-corrected chi connectivity index (χ0v) is 14.7. The smallest absolute Gasteiger partial charge is 0.234 e. The van der Waals surface area contributed by atoms with Crippen LogP contribution in [-0.2, 0) is 4.79 Å². The topological polar surface area (TPSA) is 54.4 Å². The Morgan fingerprint density at radius 2 is 1.60 bits per heavy atom. The van der Waals surface area contributed by atoms with Crippen molar-refractivity contribution in [1.82, 2.24) is 0 Å². The van der Waals surface area contributed by atoms with Crippen molar-refractivity contribution in [3.8, 4) is 0 Å². The monoisotopic (exact) mass is 338 g/mol. The van der Waals surface area contributed by atoms with Gasteiger partial charge in [-0.1, -0.05) is 56.4 Å². The van der Waals surface area contributed by atoms with Crippen LogP contribution in [0.15, 0.2) is 29.8 Å². The third-order valence-electron chi connectivity index (χ3n) is 6.64. The maximum atomic E-state index is 12.4. The number of carbonyl (C=O) groups excluding carboxylic acids is 2. The number of ketones is 2. The molecule has 1 N–H and O–H groups in total. The van der Waals surface area contributed by atoms with Gasteiger partial charge in [-0.2, -0.15) is 0 Å². The molecule has 0 radical (unpaired) electrons. The zero-order valence-electron chi connectivity index (χ0n) is 14.7. The number of hydrogen-bond donors (Lipinski definition) is 1. The van der Waals surface area contributed by atoms with Gasteiger partial charge >= 0.3 is 0 Å². The quantitative estimate of drug-likeness (QED) is 0.779. The highest BCUT2D eigenvalue weighted by molar-refractivity contribution is 6.52. The Hall–Kier alpha value is -1.90. The van der Waals surface area contributed by atoms with Crippen molar-refractivity contribution in [1.29, 1.82) is 0 Å². The third-order valence-corrected chi connectivity index (χ3v) is 6.64. The van der Waals surface area contributed by atoms with Crippen molar-refractivity contribution in [2.45, 2.75) is 57.8 Å². The standard InChI is InChI=1S/C22H26O3/c23-20-17-7-3-4-8-18(17)21(24)22(25)19(20)12-10-14-9-11-15-5-1-2-6-16(15)13-14/h3-4,7-8,14-16,23H,1-2,5-6,9-13H2/t14-,15-,16-/m1/s1. The molecule has 1 aromatic rings. The minimum atomic E-state index is -0.512. The number of hydrogen-bond acceptors (Lipinski definition) is 3. The van der Waals surface area contributed by atoms with Gasteiger partial charge in [0.05, 0.1) is 0 Å². The minimum Gasteiger partial charge on any atom is -0.507 e. The van der Waals surface area contributed by atoms with Gasteiger partial charge in [-0.3, -0.25) is 9.59 Å². The number of allylic oxidation sites excluding steroid dienone is 1. The van der Waals surface area contributed by atoms with E-state index in [9.17, 15) is 14.7 Å².